The van der Waals surface area contributed by atoms with Gasteiger partial charge in [-0.15, -0.1) is 0 Å². The number of hydrogen-bond donors (Lipinski definition) is 1. The van der Waals surface area contributed by atoms with Gasteiger partial charge in [-0.1, -0.05) is 42.5 Å². The van der Waals surface area contributed by atoms with E-state index in [0.717, 1.165) is 27.8 Å². The third-order valence-corrected chi connectivity index (χ3v) is 6.48. The highest BCUT2D eigenvalue weighted by Gasteiger charge is 2.35. The molecule has 2 aromatic carbocycles. The molecule has 0 saturated carbocycles. The zero-order valence-corrected chi connectivity index (χ0v) is 19.2. The van der Waals surface area contributed by atoms with Crippen LogP contribution in [0.5, 0.6) is 0 Å². The summed E-state index contributed by atoms with van der Waals surface area (Å²) in [5, 5.41) is 2.25. The van der Waals surface area contributed by atoms with Crippen LogP contribution in [0.25, 0.3) is 12.2 Å². The van der Waals surface area contributed by atoms with E-state index >= 15 is 0 Å². The lowest BCUT2D eigenvalue weighted by Gasteiger charge is -2.32. The number of imide groups is 1. The number of nitrogens with one attached hydrogen (secondary N) is 1. The number of benzene rings is 2. The minimum Gasteiger partial charge on any atom is -0.354 e. The maximum Gasteiger partial charge on any atom is 0.293 e. The van der Waals surface area contributed by atoms with Crippen LogP contribution in [0.1, 0.15) is 36.1 Å². The zero-order valence-electron chi connectivity index (χ0n) is 18.4. The molecule has 0 bridgehead atoms. The van der Waals surface area contributed by atoms with E-state index in [9.17, 15) is 23.6 Å². The monoisotopic (exact) mass is 479 g/mol. The summed E-state index contributed by atoms with van der Waals surface area (Å²) in [7, 11) is 0. The number of rotatable bonds is 6. The third kappa shape index (κ3) is 4.94. The molecule has 174 valence electrons. The number of fused-ring (bicyclic) bond motifs is 1. The van der Waals surface area contributed by atoms with E-state index in [0.29, 0.717) is 0 Å². The van der Waals surface area contributed by atoms with Gasteiger partial charge in [0.15, 0.2) is 0 Å². The quantitative estimate of drug-likeness (QED) is 0.635. The molecule has 34 heavy (non-hydrogen) atoms. The molecule has 4 rings (SSSR count). The Bertz CT molecular complexity index is 1230. The van der Waals surface area contributed by atoms with Crippen LogP contribution >= 0.6 is 11.8 Å². The predicted octanol–water partition coefficient (Wildman–Crippen LogP) is 3.94. The standard InChI is InChI=1S/C25H22FN3O4S/c1-16(30)28-12-10-17-6-2-4-8-19(17)21(28)15-23(31)27-11-13-29-24(32)22(34-25(29)33)14-18-7-3-5-9-20(18)26/h2-10,12,14,21H,11,13,15H2,1H3,(H,27,31)/b22-14-. The van der Waals surface area contributed by atoms with Crippen LogP contribution in [0.15, 0.2) is 59.6 Å². The predicted molar refractivity (Wildman–Crippen MR) is 127 cm³/mol. The van der Waals surface area contributed by atoms with Gasteiger partial charge < -0.3 is 10.2 Å². The van der Waals surface area contributed by atoms with Crippen molar-refractivity contribution < 1.29 is 23.6 Å². The van der Waals surface area contributed by atoms with E-state index in [1.54, 1.807) is 18.3 Å². The molecule has 2 heterocycles. The average molecular weight is 480 g/mol. The molecular formula is C25H22FN3O4S. The van der Waals surface area contributed by atoms with Crippen molar-refractivity contribution >= 4 is 46.9 Å². The third-order valence-electron chi connectivity index (χ3n) is 5.57. The summed E-state index contributed by atoms with van der Waals surface area (Å²) in [6.45, 7) is 1.49. The molecule has 4 amide bonds. The number of carbonyl (C=O) groups excluding carboxylic acids is 4. The van der Waals surface area contributed by atoms with Crippen molar-refractivity contribution in [3.05, 3.63) is 82.1 Å². The Hall–Kier alpha value is -3.72. The first-order valence-corrected chi connectivity index (χ1v) is 11.5. The van der Waals surface area contributed by atoms with Gasteiger partial charge in [-0.05, 0) is 41.1 Å². The molecule has 1 saturated heterocycles. The highest BCUT2D eigenvalue weighted by atomic mass is 32.2. The smallest absolute Gasteiger partial charge is 0.293 e. The molecule has 1 N–H and O–H groups in total. The maximum absolute atomic E-state index is 13.9. The fourth-order valence-corrected chi connectivity index (χ4v) is 4.75. The highest BCUT2D eigenvalue weighted by Crippen LogP contribution is 2.33. The van der Waals surface area contributed by atoms with Crippen LogP contribution in [0.4, 0.5) is 9.18 Å². The molecule has 0 aromatic heterocycles. The fraction of sp³-hybridized carbons (Fsp3) is 0.200. The summed E-state index contributed by atoms with van der Waals surface area (Å²) >= 11 is 0.736. The van der Waals surface area contributed by atoms with Gasteiger partial charge >= 0.3 is 0 Å². The maximum atomic E-state index is 13.9. The molecule has 2 aromatic rings. The second kappa shape index (κ2) is 10.0. The highest BCUT2D eigenvalue weighted by molar-refractivity contribution is 8.18. The Morgan fingerprint density at radius 2 is 1.85 bits per heavy atom. The molecule has 9 heteroatoms. The summed E-state index contributed by atoms with van der Waals surface area (Å²) < 4.78 is 13.9. The first-order chi connectivity index (χ1) is 16.3. The Balaban J connectivity index is 1.36. The van der Waals surface area contributed by atoms with E-state index in [4.69, 9.17) is 0 Å². The van der Waals surface area contributed by atoms with E-state index in [2.05, 4.69) is 5.32 Å². The second-order valence-electron chi connectivity index (χ2n) is 7.80. The van der Waals surface area contributed by atoms with Crippen molar-refractivity contribution in [2.75, 3.05) is 13.1 Å². The van der Waals surface area contributed by atoms with Gasteiger partial charge in [-0.2, -0.15) is 0 Å². The number of thioether (sulfide) groups is 1. The van der Waals surface area contributed by atoms with E-state index in [1.807, 2.05) is 30.3 Å². The lowest BCUT2D eigenvalue weighted by atomic mass is 9.93. The van der Waals surface area contributed by atoms with E-state index in [-0.39, 0.29) is 41.8 Å². The molecule has 1 unspecified atom stereocenters. The average Bonchev–Trinajstić information content (AvgIpc) is 3.08. The van der Waals surface area contributed by atoms with Crippen molar-refractivity contribution in [3.8, 4) is 0 Å². The first-order valence-electron chi connectivity index (χ1n) is 10.7. The largest absolute Gasteiger partial charge is 0.354 e. The summed E-state index contributed by atoms with van der Waals surface area (Å²) in [6, 6.07) is 13.1. The molecule has 0 aliphatic carbocycles. The summed E-state index contributed by atoms with van der Waals surface area (Å²) in [6.07, 6.45) is 4.89. The Kier molecular flexibility index (Phi) is 6.93. The molecule has 0 radical (unpaired) electrons. The van der Waals surface area contributed by atoms with E-state index < -0.39 is 23.0 Å². The minimum absolute atomic E-state index is 0.0113. The van der Waals surface area contributed by atoms with Gasteiger partial charge in [-0.25, -0.2) is 4.39 Å². The number of hydrogen-bond acceptors (Lipinski definition) is 5. The summed E-state index contributed by atoms with van der Waals surface area (Å²) in [5.74, 6) is -1.50. The lowest BCUT2D eigenvalue weighted by Crippen LogP contribution is -2.39. The second-order valence-corrected chi connectivity index (χ2v) is 8.79. The number of carbonyl (C=O) groups is 4. The normalized spacial score (nSPS) is 18.4. The Morgan fingerprint density at radius 1 is 1.12 bits per heavy atom. The van der Waals surface area contributed by atoms with Crippen LogP contribution in [0.2, 0.25) is 0 Å². The number of nitrogens with zero attached hydrogens (tertiary/aromatic N) is 2. The lowest BCUT2D eigenvalue weighted by molar-refractivity contribution is -0.130. The fourth-order valence-electron chi connectivity index (χ4n) is 3.89. The van der Waals surface area contributed by atoms with Crippen LogP contribution < -0.4 is 5.32 Å². The van der Waals surface area contributed by atoms with Gasteiger partial charge in [0.05, 0.1) is 17.4 Å². The summed E-state index contributed by atoms with van der Waals surface area (Å²) in [5.41, 5.74) is 2.04. The van der Waals surface area contributed by atoms with Gasteiger partial charge in [0.25, 0.3) is 11.1 Å². The summed E-state index contributed by atoms with van der Waals surface area (Å²) in [4.78, 5) is 52.3. The molecule has 2 aliphatic rings. The SMILES string of the molecule is CC(=O)N1C=Cc2ccccc2C1CC(=O)NCCN1C(=O)S/C(=C\c2ccccc2F)C1=O. The molecule has 2 aliphatic heterocycles. The van der Waals surface area contributed by atoms with Crippen molar-refractivity contribution in [2.24, 2.45) is 0 Å². The molecule has 1 atom stereocenters. The van der Waals surface area contributed by atoms with Gasteiger partial charge in [0.1, 0.15) is 5.82 Å². The Morgan fingerprint density at radius 3 is 2.62 bits per heavy atom. The van der Waals surface area contributed by atoms with Gasteiger partial charge in [0.2, 0.25) is 11.8 Å². The molecule has 1 fully saturated rings. The molecular weight excluding hydrogens is 457 g/mol. The van der Waals surface area contributed by atoms with E-state index in [1.165, 1.54) is 30.0 Å². The first kappa shape index (κ1) is 23.4. The molecule has 0 spiro atoms. The zero-order chi connectivity index (χ0) is 24.2. The van der Waals surface area contributed by atoms with Crippen molar-refractivity contribution in [1.29, 1.82) is 0 Å². The van der Waals surface area contributed by atoms with Gasteiger partial charge in [0, 0.05) is 31.8 Å². The van der Waals surface area contributed by atoms with Gasteiger partial charge in [-0.3, -0.25) is 24.1 Å². The van der Waals surface area contributed by atoms with Crippen molar-refractivity contribution in [1.82, 2.24) is 15.1 Å². The van der Waals surface area contributed by atoms with Crippen molar-refractivity contribution in [2.45, 2.75) is 19.4 Å². The molecule has 7 nitrogen and oxygen atoms in total. The van der Waals surface area contributed by atoms with Crippen LogP contribution in [-0.4, -0.2) is 45.9 Å². The Labute approximate surface area is 200 Å². The van der Waals surface area contributed by atoms with Crippen LogP contribution in [-0.2, 0) is 14.4 Å². The number of halogens is 1. The van der Waals surface area contributed by atoms with Crippen molar-refractivity contribution in [3.63, 3.8) is 0 Å². The van der Waals surface area contributed by atoms with Crippen LogP contribution in [0, 0.1) is 5.82 Å². The minimum atomic E-state index is -0.526. The topological polar surface area (TPSA) is 86.8 Å². The van der Waals surface area contributed by atoms with Crippen LogP contribution in [0.3, 0.4) is 0 Å². The number of amides is 4.